The van der Waals surface area contributed by atoms with Crippen LogP contribution in [-0.2, 0) is 0 Å². The van der Waals surface area contributed by atoms with Gasteiger partial charge >= 0.3 is 0 Å². The normalized spacial score (nSPS) is 10.8. The quantitative estimate of drug-likeness (QED) is 0.637. The molecule has 5 heteroatoms. The second-order valence-corrected chi connectivity index (χ2v) is 3.96. The first-order valence-electron chi connectivity index (χ1n) is 5.58. The summed E-state index contributed by atoms with van der Waals surface area (Å²) in [6.45, 7) is 3.76. The van der Waals surface area contributed by atoms with Crippen molar-refractivity contribution < 1.29 is 0 Å². The van der Waals surface area contributed by atoms with Crippen LogP contribution in [0.4, 0.5) is 5.95 Å². The zero-order valence-electron chi connectivity index (χ0n) is 10.3. The SMILES string of the molecule is Cc1cc(=O)[nH]c(N/N=C\c2ccccc2C)n1. The zero-order valence-corrected chi connectivity index (χ0v) is 10.3. The highest BCUT2D eigenvalue weighted by atomic mass is 16.1. The van der Waals surface area contributed by atoms with Crippen molar-refractivity contribution in [2.75, 3.05) is 5.43 Å². The molecule has 0 bridgehead atoms. The number of hydrogen-bond acceptors (Lipinski definition) is 4. The number of anilines is 1. The van der Waals surface area contributed by atoms with Crippen molar-refractivity contribution in [2.45, 2.75) is 13.8 Å². The standard InChI is InChI=1S/C13H14N4O/c1-9-5-3-4-6-11(9)8-14-17-13-15-10(2)7-12(18)16-13/h3-8H,1-2H3,(H2,15,16,17,18)/b14-8-. The molecule has 5 nitrogen and oxygen atoms in total. The Kier molecular flexibility index (Phi) is 3.52. The predicted octanol–water partition coefficient (Wildman–Crippen LogP) is 1.83. The molecule has 92 valence electrons. The van der Waals surface area contributed by atoms with Crippen molar-refractivity contribution >= 4 is 12.2 Å². The molecule has 2 rings (SSSR count). The van der Waals surface area contributed by atoms with Crippen LogP contribution >= 0.6 is 0 Å². The maximum absolute atomic E-state index is 11.2. The number of hydrogen-bond donors (Lipinski definition) is 2. The first kappa shape index (κ1) is 12.0. The van der Waals surface area contributed by atoms with Gasteiger partial charge in [-0.15, -0.1) is 0 Å². The summed E-state index contributed by atoms with van der Waals surface area (Å²) in [5, 5.41) is 4.05. The summed E-state index contributed by atoms with van der Waals surface area (Å²) in [5.41, 5.74) is 5.30. The molecule has 2 aromatic rings. The predicted molar refractivity (Wildman–Crippen MR) is 72.0 cm³/mol. The summed E-state index contributed by atoms with van der Waals surface area (Å²) in [7, 11) is 0. The second-order valence-electron chi connectivity index (χ2n) is 3.96. The fraction of sp³-hybridized carbons (Fsp3) is 0.154. The number of rotatable bonds is 3. The van der Waals surface area contributed by atoms with Crippen LogP contribution in [0.2, 0.25) is 0 Å². The molecule has 0 radical (unpaired) electrons. The Balaban J connectivity index is 2.12. The van der Waals surface area contributed by atoms with E-state index in [0.717, 1.165) is 11.1 Å². The van der Waals surface area contributed by atoms with Gasteiger partial charge in [0, 0.05) is 11.8 Å². The van der Waals surface area contributed by atoms with Crippen LogP contribution in [0.5, 0.6) is 0 Å². The van der Waals surface area contributed by atoms with Crippen molar-refractivity contribution in [3.8, 4) is 0 Å². The summed E-state index contributed by atoms with van der Waals surface area (Å²) in [5.74, 6) is 0.338. The fourth-order valence-corrected chi connectivity index (χ4v) is 1.53. The van der Waals surface area contributed by atoms with E-state index in [-0.39, 0.29) is 5.56 Å². The molecule has 0 atom stereocenters. The van der Waals surface area contributed by atoms with Crippen molar-refractivity contribution in [1.82, 2.24) is 9.97 Å². The van der Waals surface area contributed by atoms with Gasteiger partial charge in [0.15, 0.2) is 0 Å². The number of nitrogens with one attached hydrogen (secondary N) is 2. The minimum atomic E-state index is -0.198. The molecular weight excluding hydrogens is 228 g/mol. The maximum Gasteiger partial charge on any atom is 0.252 e. The molecular formula is C13H14N4O. The molecule has 0 aliphatic heterocycles. The molecule has 18 heavy (non-hydrogen) atoms. The van der Waals surface area contributed by atoms with Crippen LogP contribution in [0.25, 0.3) is 0 Å². The highest BCUT2D eigenvalue weighted by Crippen LogP contribution is 2.03. The van der Waals surface area contributed by atoms with Gasteiger partial charge in [0.25, 0.3) is 5.56 Å². The first-order valence-corrected chi connectivity index (χ1v) is 5.58. The van der Waals surface area contributed by atoms with E-state index >= 15 is 0 Å². The van der Waals surface area contributed by atoms with Gasteiger partial charge in [0.2, 0.25) is 5.95 Å². The first-order chi connectivity index (χ1) is 8.65. The van der Waals surface area contributed by atoms with Crippen LogP contribution in [-0.4, -0.2) is 16.2 Å². The number of nitrogens with zero attached hydrogens (tertiary/aromatic N) is 2. The summed E-state index contributed by atoms with van der Waals surface area (Å²) in [4.78, 5) is 17.9. The van der Waals surface area contributed by atoms with E-state index in [1.54, 1.807) is 13.1 Å². The molecule has 0 spiro atoms. The lowest BCUT2D eigenvalue weighted by atomic mass is 10.1. The molecule has 2 N–H and O–H groups in total. The van der Waals surface area contributed by atoms with Gasteiger partial charge in [-0.2, -0.15) is 5.10 Å². The zero-order chi connectivity index (χ0) is 13.0. The van der Waals surface area contributed by atoms with E-state index in [1.165, 1.54) is 6.07 Å². The monoisotopic (exact) mass is 242 g/mol. The smallest absolute Gasteiger partial charge is 0.252 e. The number of aromatic nitrogens is 2. The Bertz CT molecular complexity index is 631. The van der Waals surface area contributed by atoms with Crippen LogP contribution < -0.4 is 11.0 Å². The average Bonchev–Trinajstić information content (AvgIpc) is 2.30. The molecule has 0 saturated heterocycles. The molecule has 0 aliphatic carbocycles. The Morgan fingerprint density at radius 3 is 2.83 bits per heavy atom. The third-order valence-electron chi connectivity index (χ3n) is 2.43. The maximum atomic E-state index is 11.2. The lowest BCUT2D eigenvalue weighted by Crippen LogP contribution is -2.10. The van der Waals surface area contributed by atoms with Crippen LogP contribution in [0.15, 0.2) is 40.2 Å². The van der Waals surface area contributed by atoms with E-state index < -0.39 is 0 Å². The van der Waals surface area contributed by atoms with Crippen LogP contribution in [0.1, 0.15) is 16.8 Å². The summed E-state index contributed by atoms with van der Waals surface area (Å²) >= 11 is 0. The number of aromatic amines is 1. The van der Waals surface area contributed by atoms with Crippen LogP contribution in [0.3, 0.4) is 0 Å². The molecule has 0 unspecified atom stereocenters. The average molecular weight is 242 g/mol. The van der Waals surface area contributed by atoms with Crippen molar-refractivity contribution in [1.29, 1.82) is 0 Å². The number of aryl methyl sites for hydroxylation is 2. The van der Waals surface area contributed by atoms with Gasteiger partial charge in [0.1, 0.15) is 0 Å². The van der Waals surface area contributed by atoms with Gasteiger partial charge in [-0.3, -0.25) is 9.78 Å². The van der Waals surface area contributed by atoms with E-state index in [2.05, 4.69) is 20.5 Å². The summed E-state index contributed by atoms with van der Waals surface area (Å²) < 4.78 is 0. The van der Waals surface area contributed by atoms with Gasteiger partial charge < -0.3 is 0 Å². The minimum Gasteiger partial charge on any atom is -0.291 e. The lowest BCUT2D eigenvalue weighted by Gasteiger charge is -2.01. The van der Waals surface area contributed by atoms with Crippen molar-refractivity contribution in [2.24, 2.45) is 5.10 Å². The van der Waals surface area contributed by atoms with Crippen molar-refractivity contribution in [3.63, 3.8) is 0 Å². The molecule has 1 aromatic carbocycles. The van der Waals surface area contributed by atoms with E-state index in [0.29, 0.717) is 11.6 Å². The molecule has 0 fully saturated rings. The molecule has 1 aromatic heterocycles. The molecule has 1 heterocycles. The topological polar surface area (TPSA) is 70.1 Å². The highest BCUT2D eigenvalue weighted by molar-refractivity contribution is 5.81. The highest BCUT2D eigenvalue weighted by Gasteiger charge is 1.96. The summed E-state index contributed by atoms with van der Waals surface area (Å²) in [6.07, 6.45) is 1.69. The van der Waals surface area contributed by atoms with Crippen molar-refractivity contribution in [3.05, 3.63) is 57.5 Å². The van der Waals surface area contributed by atoms with Gasteiger partial charge in [-0.1, -0.05) is 24.3 Å². The van der Waals surface area contributed by atoms with Crippen LogP contribution in [0, 0.1) is 13.8 Å². The third kappa shape index (κ3) is 3.04. The van der Waals surface area contributed by atoms with E-state index in [4.69, 9.17) is 0 Å². The Morgan fingerprint density at radius 2 is 2.11 bits per heavy atom. The number of hydrazone groups is 1. The molecule has 0 aliphatic rings. The summed E-state index contributed by atoms with van der Waals surface area (Å²) in [6, 6.07) is 9.32. The molecule has 0 amide bonds. The van der Waals surface area contributed by atoms with E-state index in [1.807, 2.05) is 31.2 Å². The largest absolute Gasteiger partial charge is 0.291 e. The third-order valence-corrected chi connectivity index (χ3v) is 2.43. The van der Waals surface area contributed by atoms with Gasteiger partial charge in [-0.05, 0) is 25.0 Å². The number of benzene rings is 1. The van der Waals surface area contributed by atoms with Gasteiger partial charge in [0.05, 0.1) is 6.21 Å². The molecule has 0 saturated carbocycles. The van der Waals surface area contributed by atoms with Gasteiger partial charge in [-0.25, -0.2) is 10.4 Å². The Labute approximate surface area is 105 Å². The fourth-order valence-electron chi connectivity index (χ4n) is 1.53. The Morgan fingerprint density at radius 1 is 1.33 bits per heavy atom. The number of H-pyrrole nitrogens is 1. The Hall–Kier alpha value is -2.43. The van der Waals surface area contributed by atoms with E-state index in [9.17, 15) is 4.79 Å². The lowest BCUT2D eigenvalue weighted by molar-refractivity contribution is 1.04. The minimum absolute atomic E-state index is 0.198. The second kappa shape index (κ2) is 5.27.